The number of esters is 1. The maximum Gasteiger partial charge on any atom is 0.338 e. The van der Waals surface area contributed by atoms with Gasteiger partial charge in [-0.1, -0.05) is 18.2 Å². The zero-order valence-electron chi connectivity index (χ0n) is 15.7. The van der Waals surface area contributed by atoms with Crippen LogP contribution in [0.2, 0.25) is 0 Å². The molecule has 144 valence electrons. The maximum absolute atomic E-state index is 11.8. The van der Waals surface area contributed by atoms with Crippen LogP contribution < -0.4 is 10.6 Å². The molecule has 0 atom stereocenters. The van der Waals surface area contributed by atoms with E-state index >= 15 is 0 Å². The molecule has 8 heteroatoms. The van der Waals surface area contributed by atoms with Gasteiger partial charge in [-0.3, -0.25) is 0 Å². The Morgan fingerprint density at radius 3 is 2.38 bits per heavy atom. The highest BCUT2D eigenvalue weighted by Crippen LogP contribution is 2.24. The Bertz CT molecular complexity index is 1130. The highest BCUT2D eigenvalue weighted by atomic mass is 16.5. The second-order valence-corrected chi connectivity index (χ2v) is 6.04. The van der Waals surface area contributed by atoms with Gasteiger partial charge in [0.05, 0.1) is 12.2 Å². The summed E-state index contributed by atoms with van der Waals surface area (Å²) in [5.74, 6) is 0.547. The molecule has 0 radical (unpaired) electrons. The minimum atomic E-state index is -0.356. The molecule has 29 heavy (non-hydrogen) atoms. The van der Waals surface area contributed by atoms with Crippen molar-refractivity contribution in [2.45, 2.75) is 6.92 Å². The fourth-order valence-corrected chi connectivity index (χ4v) is 2.70. The molecule has 8 nitrogen and oxygen atoms in total. The zero-order chi connectivity index (χ0) is 20.1. The molecular weight excluding hydrogens is 368 g/mol. The van der Waals surface area contributed by atoms with E-state index in [4.69, 9.17) is 4.74 Å². The first-order valence-corrected chi connectivity index (χ1v) is 9.08. The number of carbonyl (C=O) groups excluding carboxylic acids is 1. The summed E-state index contributed by atoms with van der Waals surface area (Å²) in [6, 6.07) is 16.6. The molecule has 0 unspecified atom stereocenters. The average Bonchev–Trinajstić information content (AvgIpc) is 2.75. The van der Waals surface area contributed by atoms with Crippen LogP contribution in [0.25, 0.3) is 11.2 Å². The molecule has 2 heterocycles. The minimum Gasteiger partial charge on any atom is -0.462 e. The number of aromatic nitrogens is 4. The van der Waals surface area contributed by atoms with Crippen LogP contribution in [-0.2, 0) is 4.74 Å². The summed E-state index contributed by atoms with van der Waals surface area (Å²) in [5, 5.41) is 6.39. The van der Waals surface area contributed by atoms with Crippen molar-refractivity contribution < 1.29 is 9.53 Å². The summed E-state index contributed by atoms with van der Waals surface area (Å²) in [4.78, 5) is 29.4. The molecular formula is C21H18N6O2. The van der Waals surface area contributed by atoms with E-state index in [1.165, 1.54) is 0 Å². The van der Waals surface area contributed by atoms with Crippen molar-refractivity contribution in [1.82, 2.24) is 19.9 Å². The van der Waals surface area contributed by atoms with Crippen LogP contribution in [0.1, 0.15) is 17.3 Å². The van der Waals surface area contributed by atoms with Crippen LogP contribution in [0.15, 0.2) is 67.0 Å². The van der Waals surface area contributed by atoms with Gasteiger partial charge in [0.1, 0.15) is 0 Å². The Morgan fingerprint density at radius 2 is 1.62 bits per heavy atom. The predicted molar refractivity (Wildman–Crippen MR) is 111 cm³/mol. The van der Waals surface area contributed by atoms with Crippen molar-refractivity contribution in [2.75, 3.05) is 17.2 Å². The van der Waals surface area contributed by atoms with Crippen LogP contribution in [0, 0.1) is 0 Å². The summed E-state index contributed by atoms with van der Waals surface area (Å²) in [6.45, 7) is 2.11. The molecule has 2 aromatic heterocycles. The number of ether oxygens (including phenoxy) is 1. The molecule has 2 N–H and O–H groups in total. The number of para-hydroxylation sites is 1. The standard InChI is InChI=1S/C21H18N6O2/c1-2-29-20(28)14-8-10-16(11-9-14)25-21-26-18-17(22-12-13-23-18)19(27-21)24-15-6-4-3-5-7-15/h3-13H,2H2,1H3,(H2,23,24,25,26,27). The van der Waals surface area contributed by atoms with Gasteiger partial charge in [-0.05, 0) is 43.3 Å². The van der Waals surface area contributed by atoms with Gasteiger partial charge in [-0.2, -0.15) is 9.97 Å². The van der Waals surface area contributed by atoms with Gasteiger partial charge in [0.25, 0.3) is 0 Å². The van der Waals surface area contributed by atoms with E-state index in [1.54, 1.807) is 43.6 Å². The van der Waals surface area contributed by atoms with E-state index in [-0.39, 0.29) is 5.97 Å². The van der Waals surface area contributed by atoms with Crippen molar-refractivity contribution in [3.05, 3.63) is 72.6 Å². The number of hydrogen-bond donors (Lipinski definition) is 2. The number of benzene rings is 2. The molecule has 0 fully saturated rings. The van der Waals surface area contributed by atoms with E-state index < -0.39 is 0 Å². The lowest BCUT2D eigenvalue weighted by atomic mass is 10.2. The van der Waals surface area contributed by atoms with Gasteiger partial charge in [0.15, 0.2) is 17.0 Å². The molecule has 0 aliphatic heterocycles. The SMILES string of the molecule is CCOC(=O)c1ccc(Nc2nc(Nc3ccccc3)c3nccnc3n2)cc1. The van der Waals surface area contributed by atoms with Crippen molar-refractivity contribution >= 4 is 40.3 Å². The largest absolute Gasteiger partial charge is 0.462 e. The summed E-state index contributed by atoms with van der Waals surface area (Å²) < 4.78 is 5.00. The number of fused-ring (bicyclic) bond motifs is 1. The minimum absolute atomic E-state index is 0.335. The van der Waals surface area contributed by atoms with Crippen LogP contribution in [0.5, 0.6) is 0 Å². The Morgan fingerprint density at radius 1 is 0.897 bits per heavy atom. The highest BCUT2D eigenvalue weighted by molar-refractivity contribution is 5.90. The fraction of sp³-hybridized carbons (Fsp3) is 0.0952. The van der Waals surface area contributed by atoms with E-state index in [9.17, 15) is 4.79 Å². The molecule has 0 bridgehead atoms. The first-order valence-electron chi connectivity index (χ1n) is 9.08. The first kappa shape index (κ1) is 18.3. The second-order valence-electron chi connectivity index (χ2n) is 6.04. The van der Waals surface area contributed by atoms with E-state index in [2.05, 4.69) is 30.6 Å². The Kier molecular flexibility index (Phi) is 5.24. The zero-order valence-corrected chi connectivity index (χ0v) is 15.7. The quantitative estimate of drug-likeness (QED) is 0.478. The number of carbonyl (C=O) groups is 1. The van der Waals surface area contributed by atoms with Gasteiger partial charge in [0.2, 0.25) is 5.95 Å². The Hall–Kier alpha value is -4.07. The van der Waals surface area contributed by atoms with Crippen LogP contribution in [-0.4, -0.2) is 32.5 Å². The van der Waals surface area contributed by atoms with Crippen molar-refractivity contribution in [3.63, 3.8) is 0 Å². The molecule has 0 saturated heterocycles. The molecule has 0 aliphatic carbocycles. The average molecular weight is 386 g/mol. The van der Waals surface area contributed by atoms with Gasteiger partial charge in [-0.25, -0.2) is 14.8 Å². The highest BCUT2D eigenvalue weighted by Gasteiger charge is 2.11. The summed E-state index contributed by atoms with van der Waals surface area (Å²) >= 11 is 0. The van der Waals surface area contributed by atoms with Crippen molar-refractivity contribution in [1.29, 1.82) is 0 Å². The van der Waals surface area contributed by atoms with Crippen molar-refractivity contribution in [2.24, 2.45) is 0 Å². The van der Waals surface area contributed by atoms with Crippen LogP contribution >= 0.6 is 0 Å². The lowest BCUT2D eigenvalue weighted by Gasteiger charge is -2.11. The number of hydrogen-bond acceptors (Lipinski definition) is 8. The molecule has 4 aromatic rings. The summed E-state index contributed by atoms with van der Waals surface area (Å²) in [6.07, 6.45) is 3.18. The first-order chi connectivity index (χ1) is 14.2. The number of nitrogens with one attached hydrogen (secondary N) is 2. The molecule has 0 saturated carbocycles. The van der Waals surface area contributed by atoms with E-state index in [0.29, 0.717) is 35.1 Å². The van der Waals surface area contributed by atoms with E-state index in [1.807, 2.05) is 30.3 Å². The molecule has 0 amide bonds. The van der Waals surface area contributed by atoms with Crippen molar-refractivity contribution in [3.8, 4) is 0 Å². The lowest BCUT2D eigenvalue weighted by molar-refractivity contribution is 0.0526. The molecule has 0 spiro atoms. The van der Waals surface area contributed by atoms with Gasteiger partial charge in [0, 0.05) is 23.8 Å². The predicted octanol–water partition coefficient (Wildman–Crippen LogP) is 4.08. The van der Waals surface area contributed by atoms with Crippen LogP contribution in [0.3, 0.4) is 0 Å². The topological polar surface area (TPSA) is 102 Å². The normalized spacial score (nSPS) is 10.5. The summed E-state index contributed by atoms with van der Waals surface area (Å²) in [7, 11) is 0. The maximum atomic E-state index is 11.8. The van der Waals surface area contributed by atoms with Crippen LogP contribution in [0.4, 0.5) is 23.1 Å². The van der Waals surface area contributed by atoms with Gasteiger partial charge < -0.3 is 15.4 Å². The second kappa shape index (κ2) is 8.30. The molecule has 0 aliphatic rings. The lowest BCUT2D eigenvalue weighted by Crippen LogP contribution is -2.05. The van der Waals surface area contributed by atoms with Gasteiger partial charge in [-0.15, -0.1) is 0 Å². The van der Waals surface area contributed by atoms with E-state index in [0.717, 1.165) is 11.4 Å². The third-order valence-corrected chi connectivity index (χ3v) is 4.02. The Labute approximate surface area is 167 Å². The molecule has 4 rings (SSSR count). The molecule has 2 aromatic carbocycles. The Balaban J connectivity index is 1.63. The number of nitrogens with zero attached hydrogens (tertiary/aromatic N) is 4. The monoisotopic (exact) mass is 386 g/mol. The van der Waals surface area contributed by atoms with Gasteiger partial charge >= 0.3 is 5.97 Å². The smallest absolute Gasteiger partial charge is 0.338 e. The third kappa shape index (κ3) is 4.27. The number of rotatable bonds is 6. The summed E-state index contributed by atoms with van der Waals surface area (Å²) in [5.41, 5.74) is 3.12. The third-order valence-electron chi connectivity index (χ3n) is 4.02. The fourth-order valence-electron chi connectivity index (χ4n) is 2.70. The number of anilines is 4.